The zero-order valence-corrected chi connectivity index (χ0v) is 16.2. The van der Waals surface area contributed by atoms with E-state index in [9.17, 15) is 9.59 Å². The van der Waals surface area contributed by atoms with Gasteiger partial charge in [0.1, 0.15) is 5.69 Å². The van der Waals surface area contributed by atoms with Gasteiger partial charge in [-0.3, -0.25) is 9.59 Å². The van der Waals surface area contributed by atoms with Gasteiger partial charge in [0.2, 0.25) is 0 Å². The molecule has 10 heteroatoms. The smallest absolute Gasteiger partial charge is 0.270 e. The van der Waals surface area contributed by atoms with Gasteiger partial charge in [-0.25, -0.2) is 9.67 Å². The zero-order chi connectivity index (χ0) is 19.9. The Hall–Kier alpha value is -3.40. The van der Waals surface area contributed by atoms with Crippen molar-refractivity contribution in [3.8, 4) is 11.5 Å². The van der Waals surface area contributed by atoms with Crippen LogP contribution >= 0.6 is 11.3 Å². The van der Waals surface area contributed by atoms with Gasteiger partial charge in [0.25, 0.3) is 11.5 Å². The van der Waals surface area contributed by atoms with Crippen LogP contribution in [0.3, 0.4) is 0 Å². The highest BCUT2D eigenvalue weighted by Gasteiger charge is 2.12. The van der Waals surface area contributed by atoms with Gasteiger partial charge in [0.05, 0.1) is 20.8 Å². The number of rotatable bonds is 8. The zero-order valence-electron chi connectivity index (χ0n) is 15.3. The van der Waals surface area contributed by atoms with Crippen LogP contribution in [0.2, 0.25) is 0 Å². The first-order chi connectivity index (χ1) is 13.6. The van der Waals surface area contributed by atoms with Crippen LogP contribution in [0.25, 0.3) is 0 Å². The number of amides is 1. The third-order valence-electron chi connectivity index (χ3n) is 3.77. The largest absolute Gasteiger partial charge is 0.493 e. The van der Waals surface area contributed by atoms with E-state index >= 15 is 0 Å². The Balaban J connectivity index is 1.58. The minimum absolute atomic E-state index is 0.216. The Bertz CT molecular complexity index is 1020. The van der Waals surface area contributed by atoms with E-state index < -0.39 is 0 Å². The standard InChI is InChI=1S/C18H19N5O4S/c1-26-14-6-5-12(10-15(14)27-2)21-18-22-13(11-28-18)17(25)19-8-9-23-16(24)4-3-7-20-23/h3-7,10-11H,8-9H2,1-2H3,(H,19,25)(H,21,22). The molecule has 3 rings (SSSR count). The van der Waals surface area contributed by atoms with E-state index in [1.54, 1.807) is 37.8 Å². The number of thiazole rings is 1. The number of nitrogens with one attached hydrogen (secondary N) is 2. The fourth-order valence-electron chi connectivity index (χ4n) is 2.39. The molecule has 0 unspecified atom stereocenters. The van der Waals surface area contributed by atoms with Crippen molar-refractivity contribution in [3.63, 3.8) is 0 Å². The number of anilines is 2. The molecule has 146 valence electrons. The van der Waals surface area contributed by atoms with Crippen molar-refractivity contribution in [1.82, 2.24) is 20.1 Å². The minimum Gasteiger partial charge on any atom is -0.493 e. The molecule has 0 saturated heterocycles. The molecular weight excluding hydrogens is 382 g/mol. The SMILES string of the molecule is COc1ccc(Nc2nc(C(=O)NCCn3ncccc3=O)cs2)cc1OC. The van der Waals surface area contributed by atoms with E-state index in [4.69, 9.17) is 9.47 Å². The lowest BCUT2D eigenvalue weighted by Gasteiger charge is -2.09. The summed E-state index contributed by atoms with van der Waals surface area (Å²) in [7, 11) is 3.13. The Morgan fingerprint density at radius 2 is 2.04 bits per heavy atom. The quantitative estimate of drug-likeness (QED) is 0.593. The van der Waals surface area contributed by atoms with Gasteiger partial charge < -0.3 is 20.1 Å². The van der Waals surface area contributed by atoms with Crippen LogP contribution in [-0.4, -0.2) is 41.4 Å². The molecule has 0 aliphatic carbocycles. The molecule has 0 saturated carbocycles. The molecule has 3 aromatic rings. The van der Waals surface area contributed by atoms with E-state index in [0.29, 0.717) is 22.3 Å². The van der Waals surface area contributed by atoms with E-state index in [1.807, 2.05) is 6.07 Å². The molecule has 9 nitrogen and oxygen atoms in total. The summed E-state index contributed by atoms with van der Waals surface area (Å²) < 4.78 is 11.8. The maximum atomic E-state index is 12.2. The van der Waals surface area contributed by atoms with Crippen molar-refractivity contribution in [2.24, 2.45) is 0 Å². The first kappa shape index (κ1) is 19.4. The van der Waals surface area contributed by atoms with Gasteiger partial charge in [0, 0.05) is 35.9 Å². The van der Waals surface area contributed by atoms with Gasteiger partial charge in [-0.15, -0.1) is 11.3 Å². The Labute approximate surface area is 164 Å². The van der Waals surface area contributed by atoms with Crippen LogP contribution < -0.4 is 25.7 Å². The van der Waals surface area contributed by atoms with Crippen molar-refractivity contribution in [2.75, 3.05) is 26.1 Å². The molecule has 0 aliphatic rings. The van der Waals surface area contributed by atoms with Gasteiger partial charge in [-0.2, -0.15) is 5.10 Å². The van der Waals surface area contributed by atoms with Gasteiger partial charge in [0.15, 0.2) is 16.6 Å². The molecular formula is C18H19N5O4S. The monoisotopic (exact) mass is 401 g/mol. The minimum atomic E-state index is -0.319. The number of carbonyl (C=O) groups is 1. The second-order valence-electron chi connectivity index (χ2n) is 5.57. The lowest BCUT2D eigenvalue weighted by Crippen LogP contribution is -2.31. The normalized spacial score (nSPS) is 10.4. The summed E-state index contributed by atoms with van der Waals surface area (Å²) in [5, 5.41) is 12.0. The molecule has 0 spiro atoms. The van der Waals surface area contributed by atoms with Gasteiger partial charge in [-0.05, 0) is 18.2 Å². The number of aromatic nitrogens is 3. The number of ether oxygens (including phenoxy) is 2. The predicted molar refractivity (Wildman–Crippen MR) is 106 cm³/mol. The Morgan fingerprint density at radius 1 is 1.21 bits per heavy atom. The molecule has 0 bridgehead atoms. The van der Waals surface area contributed by atoms with Crippen molar-refractivity contribution < 1.29 is 14.3 Å². The number of carbonyl (C=O) groups excluding carboxylic acids is 1. The summed E-state index contributed by atoms with van der Waals surface area (Å²) in [5.41, 5.74) is 0.835. The third kappa shape index (κ3) is 4.65. The number of hydrogen-bond acceptors (Lipinski definition) is 8. The summed E-state index contributed by atoms with van der Waals surface area (Å²) in [6.07, 6.45) is 1.52. The molecule has 1 amide bonds. The maximum absolute atomic E-state index is 12.2. The topological polar surface area (TPSA) is 107 Å². The third-order valence-corrected chi connectivity index (χ3v) is 4.52. The molecule has 0 aliphatic heterocycles. The Morgan fingerprint density at radius 3 is 2.79 bits per heavy atom. The van der Waals surface area contributed by atoms with Crippen molar-refractivity contribution >= 4 is 28.1 Å². The fourth-order valence-corrected chi connectivity index (χ4v) is 3.10. The lowest BCUT2D eigenvalue weighted by molar-refractivity contribution is 0.0947. The van der Waals surface area contributed by atoms with E-state index in [2.05, 4.69) is 20.7 Å². The Kier molecular flexibility index (Phi) is 6.22. The highest BCUT2D eigenvalue weighted by Crippen LogP contribution is 2.31. The molecule has 0 radical (unpaired) electrons. The number of benzene rings is 1. The predicted octanol–water partition coefficient (Wildman–Crippen LogP) is 1.89. The van der Waals surface area contributed by atoms with Crippen molar-refractivity contribution in [3.05, 3.63) is 58.0 Å². The molecule has 2 aromatic heterocycles. The number of methoxy groups -OCH3 is 2. The summed E-state index contributed by atoms with van der Waals surface area (Å²) in [6, 6.07) is 8.38. The first-order valence-electron chi connectivity index (χ1n) is 8.35. The van der Waals surface area contributed by atoms with Crippen LogP contribution in [0.4, 0.5) is 10.8 Å². The van der Waals surface area contributed by atoms with Crippen LogP contribution in [0, 0.1) is 0 Å². The molecule has 0 atom stereocenters. The van der Waals surface area contributed by atoms with Crippen LogP contribution in [-0.2, 0) is 6.54 Å². The summed E-state index contributed by atoms with van der Waals surface area (Å²) in [6.45, 7) is 0.554. The van der Waals surface area contributed by atoms with Crippen LogP contribution in [0.5, 0.6) is 11.5 Å². The summed E-state index contributed by atoms with van der Waals surface area (Å²) >= 11 is 1.31. The average Bonchev–Trinajstić information content (AvgIpc) is 3.18. The van der Waals surface area contributed by atoms with Crippen LogP contribution in [0.1, 0.15) is 10.5 Å². The molecule has 2 heterocycles. The first-order valence-corrected chi connectivity index (χ1v) is 9.23. The molecule has 0 fully saturated rings. The van der Waals surface area contributed by atoms with E-state index in [-0.39, 0.29) is 24.6 Å². The maximum Gasteiger partial charge on any atom is 0.270 e. The molecule has 28 heavy (non-hydrogen) atoms. The lowest BCUT2D eigenvalue weighted by atomic mass is 10.3. The van der Waals surface area contributed by atoms with Gasteiger partial charge in [-0.1, -0.05) is 0 Å². The second kappa shape index (κ2) is 9.00. The summed E-state index contributed by atoms with van der Waals surface area (Å²) in [5.74, 6) is 0.895. The van der Waals surface area contributed by atoms with Crippen LogP contribution in [0.15, 0.2) is 46.7 Å². The highest BCUT2D eigenvalue weighted by molar-refractivity contribution is 7.14. The molecule has 2 N–H and O–H groups in total. The molecule has 1 aromatic carbocycles. The fraction of sp³-hybridized carbons (Fsp3) is 0.222. The number of nitrogens with zero attached hydrogens (tertiary/aromatic N) is 3. The van der Waals surface area contributed by atoms with E-state index in [0.717, 1.165) is 5.69 Å². The number of hydrogen-bond donors (Lipinski definition) is 2. The van der Waals surface area contributed by atoms with Crippen molar-refractivity contribution in [1.29, 1.82) is 0 Å². The van der Waals surface area contributed by atoms with E-state index in [1.165, 1.54) is 28.3 Å². The van der Waals surface area contributed by atoms with Gasteiger partial charge >= 0.3 is 0 Å². The highest BCUT2D eigenvalue weighted by atomic mass is 32.1. The second-order valence-corrected chi connectivity index (χ2v) is 6.43. The summed E-state index contributed by atoms with van der Waals surface area (Å²) in [4.78, 5) is 28.1. The average molecular weight is 401 g/mol. The van der Waals surface area contributed by atoms with Crippen molar-refractivity contribution in [2.45, 2.75) is 6.54 Å².